The van der Waals surface area contributed by atoms with Gasteiger partial charge in [0.15, 0.2) is 0 Å². The van der Waals surface area contributed by atoms with Crippen LogP contribution in [0.1, 0.15) is 23.6 Å². The van der Waals surface area contributed by atoms with Crippen molar-refractivity contribution in [1.82, 2.24) is 0 Å². The molecule has 0 bridgehead atoms. The summed E-state index contributed by atoms with van der Waals surface area (Å²) in [7, 11) is 0. The Labute approximate surface area is 81.6 Å². The number of aliphatic hydroxyl groups is 1. The highest BCUT2D eigenvalue weighted by atomic mass is 19.1. The lowest BCUT2D eigenvalue weighted by Gasteiger charge is -2.12. The third-order valence-electron chi connectivity index (χ3n) is 1.99. The lowest BCUT2D eigenvalue weighted by molar-refractivity contribution is 0.279. The van der Waals surface area contributed by atoms with Crippen molar-refractivity contribution in [2.75, 3.05) is 0 Å². The van der Waals surface area contributed by atoms with Crippen LogP contribution in [0.3, 0.4) is 0 Å². The summed E-state index contributed by atoms with van der Waals surface area (Å²) < 4.78 is 12.9. The Morgan fingerprint density at radius 1 is 1.57 bits per heavy atom. The van der Waals surface area contributed by atoms with Gasteiger partial charge in [-0.25, -0.2) is 4.39 Å². The predicted molar refractivity (Wildman–Crippen MR) is 49.5 cm³/mol. The zero-order chi connectivity index (χ0) is 10.6. The second-order valence-electron chi connectivity index (χ2n) is 2.97. The van der Waals surface area contributed by atoms with Crippen molar-refractivity contribution in [3.63, 3.8) is 0 Å². The van der Waals surface area contributed by atoms with Crippen LogP contribution in [-0.4, -0.2) is 5.11 Å². The molecule has 4 heteroatoms. The number of hydrogen-bond acceptors (Lipinski definition) is 3. The molecule has 3 N–H and O–H groups in total. The van der Waals surface area contributed by atoms with E-state index in [1.165, 1.54) is 18.2 Å². The van der Waals surface area contributed by atoms with Gasteiger partial charge >= 0.3 is 0 Å². The van der Waals surface area contributed by atoms with Crippen molar-refractivity contribution >= 4 is 0 Å². The Bertz CT molecular complexity index is 360. The van der Waals surface area contributed by atoms with E-state index in [1.807, 2.05) is 6.07 Å². The molecule has 3 nitrogen and oxygen atoms in total. The van der Waals surface area contributed by atoms with E-state index >= 15 is 0 Å². The van der Waals surface area contributed by atoms with Crippen LogP contribution in [-0.2, 0) is 6.61 Å². The van der Waals surface area contributed by atoms with E-state index in [0.29, 0.717) is 11.1 Å². The predicted octanol–water partition coefficient (Wildman–Crippen LogP) is 1.23. The molecule has 0 saturated carbocycles. The van der Waals surface area contributed by atoms with Gasteiger partial charge in [0.1, 0.15) is 5.82 Å². The molecule has 1 aromatic carbocycles. The molecule has 0 radical (unpaired) electrons. The highest BCUT2D eigenvalue weighted by Gasteiger charge is 2.11. The zero-order valence-corrected chi connectivity index (χ0v) is 7.57. The summed E-state index contributed by atoms with van der Waals surface area (Å²) in [5, 5.41) is 17.4. The normalized spacial score (nSPS) is 12.1. The maximum absolute atomic E-state index is 12.9. The van der Waals surface area contributed by atoms with Crippen LogP contribution in [0, 0.1) is 17.1 Å². The van der Waals surface area contributed by atoms with Gasteiger partial charge in [-0.1, -0.05) is 6.07 Å². The van der Waals surface area contributed by atoms with Crippen molar-refractivity contribution in [1.29, 1.82) is 5.26 Å². The molecule has 1 atom stereocenters. The molecule has 0 spiro atoms. The molecular weight excluding hydrogens is 183 g/mol. The van der Waals surface area contributed by atoms with Crippen molar-refractivity contribution in [2.24, 2.45) is 5.73 Å². The van der Waals surface area contributed by atoms with Gasteiger partial charge in [0.05, 0.1) is 19.1 Å². The molecule has 0 aliphatic rings. The first-order valence-electron chi connectivity index (χ1n) is 4.20. The molecule has 0 aliphatic carbocycles. The van der Waals surface area contributed by atoms with E-state index in [0.717, 1.165) is 0 Å². The summed E-state index contributed by atoms with van der Waals surface area (Å²) >= 11 is 0. The summed E-state index contributed by atoms with van der Waals surface area (Å²) in [5.41, 5.74) is 6.71. The van der Waals surface area contributed by atoms with Crippen molar-refractivity contribution < 1.29 is 9.50 Å². The standard InChI is InChI=1S/C10H11FN2O/c11-8-2-1-7(6-14)9(5-8)10(13)3-4-12/h1-2,5,10,14H,3,6,13H2/t10-/m1/s1. The van der Waals surface area contributed by atoms with E-state index in [9.17, 15) is 4.39 Å². The van der Waals surface area contributed by atoms with Crippen LogP contribution in [0.4, 0.5) is 4.39 Å². The minimum Gasteiger partial charge on any atom is -0.392 e. The number of halogens is 1. The Morgan fingerprint density at radius 3 is 2.86 bits per heavy atom. The summed E-state index contributed by atoms with van der Waals surface area (Å²) in [4.78, 5) is 0. The van der Waals surface area contributed by atoms with Crippen LogP contribution >= 0.6 is 0 Å². The second kappa shape index (κ2) is 4.70. The SMILES string of the molecule is N#CC[C@@H](N)c1cc(F)ccc1CO. The maximum Gasteiger partial charge on any atom is 0.123 e. The third kappa shape index (κ3) is 2.28. The van der Waals surface area contributed by atoms with E-state index in [1.54, 1.807) is 0 Å². The number of nitriles is 1. The number of hydrogen-bond donors (Lipinski definition) is 2. The lowest BCUT2D eigenvalue weighted by Crippen LogP contribution is -2.12. The Hall–Kier alpha value is -1.44. The van der Waals surface area contributed by atoms with E-state index in [-0.39, 0.29) is 13.0 Å². The molecule has 1 rings (SSSR count). The van der Waals surface area contributed by atoms with Gasteiger partial charge < -0.3 is 10.8 Å². The molecule has 74 valence electrons. The Morgan fingerprint density at radius 2 is 2.29 bits per heavy atom. The molecule has 0 fully saturated rings. The molecule has 0 amide bonds. The second-order valence-corrected chi connectivity index (χ2v) is 2.97. The first kappa shape index (κ1) is 10.6. The monoisotopic (exact) mass is 194 g/mol. The molecule has 0 unspecified atom stereocenters. The molecule has 14 heavy (non-hydrogen) atoms. The third-order valence-corrected chi connectivity index (χ3v) is 1.99. The van der Waals surface area contributed by atoms with Crippen molar-refractivity contribution in [3.05, 3.63) is 35.1 Å². The molecule has 0 saturated heterocycles. The van der Waals surface area contributed by atoms with Crippen molar-refractivity contribution in [3.8, 4) is 6.07 Å². The average molecular weight is 194 g/mol. The van der Waals surface area contributed by atoms with Crippen LogP contribution in [0.15, 0.2) is 18.2 Å². The van der Waals surface area contributed by atoms with Gasteiger partial charge in [0.2, 0.25) is 0 Å². The summed E-state index contributed by atoms with van der Waals surface area (Å²) in [6.45, 7) is -0.200. The van der Waals surface area contributed by atoms with Gasteiger partial charge in [0.25, 0.3) is 0 Å². The van der Waals surface area contributed by atoms with E-state index in [2.05, 4.69) is 0 Å². The van der Waals surface area contributed by atoms with Crippen LogP contribution < -0.4 is 5.73 Å². The lowest BCUT2D eigenvalue weighted by atomic mass is 9.99. The quantitative estimate of drug-likeness (QED) is 0.760. The Kier molecular flexibility index (Phi) is 3.57. The van der Waals surface area contributed by atoms with E-state index < -0.39 is 11.9 Å². The van der Waals surface area contributed by atoms with Gasteiger partial charge in [-0.15, -0.1) is 0 Å². The van der Waals surface area contributed by atoms with E-state index in [4.69, 9.17) is 16.1 Å². The van der Waals surface area contributed by atoms with Crippen LogP contribution in [0.2, 0.25) is 0 Å². The van der Waals surface area contributed by atoms with Gasteiger partial charge in [-0.2, -0.15) is 5.26 Å². The van der Waals surface area contributed by atoms with Crippen molar-refractivity contribution in [2.45, 2.75) is 19.1 Å². The van der Waals surface area contributed by atoms with Crippen LogP contribution in [0.5, 0.6) is 0 Å². The number of aliphatic hydroxyl groups excluding tert-OH is 1. The minimum absolute atomic E-state index is 0.108. The highest BCUT2D eigenvalue weighted by molar-refractivity contribution is 5.30. The fourth-order valence-electron chi connectivity index (χ4n) is 1.26. The van der Waals surface area contributed by atoms with Gasteiger partial charge in [-0.3, -0.25) is 0 Å². The first-order chi connectivity index (χ1) is 6.69. The van der Waals surface area contributed by atoms with Gasteiger partial charge in [0, 0.05) is 6.04 Å². The Balaban J connectivity index is 3.04. The summed E-state index contributed by atoms with van der Waals surface area (Å²) in [6, 6.07) is 5.35. The number of benzene rings is 1. The molecule has 0 aromatic heterocycles. The molecular formula is C10H11FN2O. The fraction of sp³-hybridized carbons (Fsp3) is 0.300. The highest BCUT2D eigenvalue weighted by Crippen LogP contribution is 2.19. The minimum atomic E-state index is -0.544. The van der Waals surface area contributed by atoms with Crippen LogP contribution in [0.25, 0.3) is 0 Å². The van der Waals surface area contributed by atoms with Gasteiger partial charge in [-0.05, 0) is 23.3 Å². The fourth-order valence-corrected chi connectivity index (χ4v) is 1.26. The summed E-state index contributed by atoms with van der Waals surface area (Å²) in [5.74, 6) is -0.411. The smallest absolute Gasteiger partial charge is 0.123 e. The molecule has 0 aliphatic heterocycles. The summed E-state index contributed by atoms with van der Waals surface area (Å²) in [6.07, 6.45) is 0.108. The average Bonchev–Trinajstić information content (AvgIpc) is 2.18. The first-order valence-corrected chi connectivity index (χ1v) is 4.20. The maximum atomic E-state index is 12.9. The zero-order valence-electron chi connectivity index (χ0n) is 7.57. The largest absolute Gasteiger partial charge is 0.392 e. The molecule has 0 heterocycles. The molecule has 1 aromatic rings. The number of nitrogens with zero attached hydrogens (tertiary/aromatic N) is 1. The topological polar surface area (TPSA) is 70.0 Å². The number of rotatable bonds is 3. The number of nitrogens with two attached hydrogens (primary N) is 1.